The van der Waals surface area contributed by atoms with Crippen molar-refractivity contribution in [3.05, 3.63) is 82.9 Å². The van der Waals surface area contributed by atoms with Crippen LogP contribution < -0.4 is 0 Å². The second kappa shape index (κ2) is 10.3. The van der Waals surface area contributed by atoms with Crippen LogP contribution in [0.3, 0.4) is 0 Å². The summed E-state index contributed by atoms with van der Waals surface area (Å²) in [7, 11) is 0. The number of aldehydes is 2. The highest BCUT2D eigenvalue weighted by molar-refractivity contribution is 6.23. The number of ether oxygens (including phenoxy) is 2. The van der Waals surface area contributed by atoms with E-state index in [0.29, 0.717) is 47.3 Å². The van der Waals surface area contributed by atoms with Crippen LogP contribution in [0.15, 0.2) is 70.6 Å². The van der Waals surface area contributed by atoms with Gasteiger partial charge in [0.2, 0.25) is 11.8 Å². The minimum absolute atomic E-state index is 0.0133. The van der Waals surface area contributed by atoms with E-state index in [2.05, 4.69) is 27.7 Å². The molecule has 0 fully saturated rings. The monoisotopic (exact) mass is 532 g/mol. The van der Waals surface area contributed by atoms with Gasteiger partial charge in [0.1, 0.15) is 13.2 Å². The van der Waals surface area contributed by atoms with E-state index in [0.717, 1.165) is 45.2 Å². The van der Waals surface area contributed by atoms with Crippen LogP contribution in [-0.4, -0.2) is 49.7 Å². The molecule has 4 aromatic carbocycles. The minimum atomic E-state index is -0.0133. The summed E-state index contributed by atoms with van der Waals surface area (Å²) in [6, 6.07) is 19.7. The third-order valence-corrected chi connectivity index (χ3v) is 7.98. The average Bonchev–Trinajstić information content (AvgIpc) is 3.66. The van der Waals surface area contributed by atoms with E-state index < -0.39 is 0 Å². The number of hydrogen-bond donors (Lipinski definition) is 0. The van der Waals surface area contributed by atoms with Crippen molar-refractivity contribution in [2.24, 2.45) is 21.8 Å². The van der Waals surface area contributed by atoms with E-state index >= 15 is 0 Å². The predicted octanol–water partition coefficient (Wildman–Crippen LogP) is 6.89. The topological polar surface area (TPSA) is 77.3 Å². The molecule has 6 heteroatoms. The lowest BCUT2D eigenvalue weighted by Gasteiger charge is -2.21. The van der Waals surface area contributed by atoms with Gasteiger partial charge in [0.05, 0.1) is 23.2 Å². The lowest BCUT2D eigenvalue weighted by molar-refractivity contribution is 0.111. The van der Waals surface area contributed by atoms with E-state index in [-0.39, 0.29) is 23.9 Å². The highest BCUT2D eigenvalue weighted by Gasteiger charge is 2.33. The summed E-state index contributed by atoms with van der Waals surface area (Å²) in [5.74, 6) is 1.46. The SMILES string of the molecule is CC(C)[C@H]1COC(c2c(C=O)cc3ccccc3c2-c2c(C3=N[C@@H](C(C)C)CO3)c(C=O)cc3ccccc23)=N1. The summed E-state index contributed by atoms with van der Waals surface area (Å²) in [4.78, 5) is 35.2. The molecule has 6 nitrogen and oxygen atoms in total. The van der Waals surface area contributed by atoms with Crippen LogP contribution in [0.1, 0.15) is 59.5 Å². The van der Waals surface area contributed by atoms with Crippen molar-refractivity contribution in [2.45, 2.75) is 39.8 Å². The Morgan fingerprint density at radius 1 is 0.650 bits per heavy atom. The van der Waals surface area contributed by atoms with E-state index in [1.165, 1.54) is 0 Å². The Balaban J connectivity index is 1.80. The largest absolute Gasteiger partial charge is 0.475 e. The van der Waals surface area contributed by atoms with Crippen LogP contribution in [0.25, 0.3) is 32.7 Å². The first kappa shape index (κ1) is 25.9. The van der Waals surface area contributed by atoms with E-state index in [1.807, 2.05) is 60.7 Å². The second-order valence-electron chi connectivity index (χ2n) is 11.2. The standard InChI is InChI=1S/C34H32N2O4/c1-19(2)27-17-39-33(35-27)29-23(15-37)13-21-9-5-7-11-25(21)31(29)32-26-12-8-6-10-22(26)14-24(16-38)30(32)34-36-28(18-40-34)20(3)4/h5-16,19-20,27-28H,17-18H2,1-4H3/t27-,28-/m1/s1. The zero-order valence-electron chi connectivity index (χ0n) is 23.2. The molecule has 6 rings (SSSR count). The van der Waals surface area contributed by atoms with Crippen LogP contribution in [0.5, 0.6) is 0 Å². The second-order valence-corrected chi connectivity index (χ2v) is 11.2. The van der Waals surface area contributed by atoms with Crippen molar-refractivity contribution in [3.63, 3.8) is 0 Å². The van der Waals surface area contributed by atoms with Crippen LogP contribution in [0.4, 0.5) is 0 Å². The summed E-state index contributed by atoms with van der Waals surface area (Å²) in [5, 5.41) is 3.66. The van der Waals surface area contributed by atoms with Gasteiger partial charge < -0.3 is 9.47 Å². The molecule has 0 N–H and O–H groups in total. The number of hydrogen-bond acceptors (Lipinski definition) is 6. The fourth-order valence-electron chi connectivity index (χ4n) is 5.64. The first-order valence-corrected chi connectivity index (χ1v) is 13.8. The number of aliphatic imine (C=N–C) groups is 2. The fraction of sp³-hybridized carbons (Fsp3) is 0.294. The van der Waals surface area contributed by atoms with Gasteiger partial charge in [0, 0.05) is 22.3 Å². The summed E-state index contributed by atoms with van der Waals surface area (Å²) in [6.45, 7) is 9.35. The maximum atomic E-state index is 12.7. The quantitative estimate of drug-likeness (QED) is 0.243. The van der Waals surface area contributed by atoms with Gasteiger partial charge >= 0.3 is 0 Å². The number of rotatable bonds is 7. The van der Waals surface area contributed by atoms with Gasteiger partial charge in [-0.2, -0.15) is 0 Å². The number of benzene rings is 4. The molecule has 2 aliphatic heterocycles. The predicted molar refractivity (Wildman–Crippen MR) is 160 cm³/mol. The van der Waals surface area contributed by atoms with E-state index in [1.54, 1.807) is 0 Å². The summed E-state index contributed by atoms with van der Waals surface area (Å²) < 4.78 is 12.4. The summed E-state index contributed by atoms with van der Waals surface area (Å²) in [5.41, 5.74) is 3.81. The zero-order valence-corrected chi connectivity index (χ0v) is 23.2. The zero-order chi connectivity index (χ0) is 28.0. The molecule has 2 heterocycles. The Morgan fingerprint density at radius 3 is 1.40 bits per heavy atom. The van der Waals surface area contributed by atoms with Gasteiger partial charge in [-0.25, -0.2) is 9.98 Å². The third-order valence-electron chi connectivity index (χ3n) is 7.98. The normalized spacial score (nSPS) is 18.6. The lowest BCUT2D eigenvalue weighted by Crippen LogP contribution is -2.14. The van der Waals surface area contributed by atoms with Gasteiger partial charge in [0.15, 0.2) is 12.6 Å². The molecule has 0 bridgehead atoms. The molecule has 4 aromatic rings. The molecule has 0 saturated heterocycles. The highest BCUT2D eigenvalue weighted by Crippen LogP contribution is 2.43. The maximum Gasteiger partial charge on any atom is 0.217 e. The van der Waals surface area contributed by atoms with Crippen molar-refractivity contribution in [1.29, 1.82) is 0 Å². The molecule has 2 aliphatic rings. The van der Waals surface area contributed by atoms with Crippen molar-refractivity contribution >= 4 is 45.9 Å². The van der Waals surface area contributed by atoms with Crippen molar-refractivity contribution in [3.8, 4) is 11.1 Å². The molecule has 0 unspecified atom stereocenters. The first-order valence-electron chi connectivity index (χ1n) is 13.8. The van der Waals surface area contributed by atoms with Gasteiger partial charge in [-0.1, -0.05) is 76.2 Å². The summed E-state index contributed by atoms with van der Waals surface area (Å²) in [6.07, 6.45) is 1.73. The Labute approximate surface area is 233 Å². The van der Waals surface area contributed by atoms with E-state index in [9.17, 15) is 9.59 Å². The molecule has 0 aliphatic carbocycles. The van der Waals surface area contributed by atoms with Crippen LogP contribution in [0.2, 0.25) is 0 Å². The van der Waals surface area contributed by atoms with Crippen LogP contribution in [0, 0.1) is 11.8 Å². The molecule has 0 radical (unpaired) electrons. The fourth-order valence-corrected chi connectivity index (χ4v) is 5.64. The van der Waals surface area contributed by atoms with Crippen LogP contribution >= 0.6 is 0 Å². The highest BCUT2D eigenvalue weighted by atomic mass is 16.5. The van der Waals surface area contributed by atoms with Crippen molar-refractivity contribution < 1.29 is 19.1 Å². The number of nitrogens with zero attached hydrogens (tertiary/aromatic N) is 2. The molecular weight excluding hydrogens is 500 g/mol. The first-order chi connectivity index (χ1) is 19.4. The average molecular weight is 533 g/mol. The smallest absolute Gasteiger partial charge is 0.217 e. The van der Waals surface area contributed by atoms with Gasteiger partial charge in [-0.3, -0.25) is 9.59 Å². The number of fused-ring (bicyclic) bond motifs is 2. The van der Waals surface area contributed by atoms with Gasteiger partial charge in [-0.15, -0.1) is 0 Å². The maximum absolute atomic E-state index is 12.7. The molecule has 0 spiro atoms. The number of carbonyl (C=O) groups excluding carboxylic acids is 2. The molecule has 2 atom stereocenters. The number of carbonyl (C=O) groups is 2. The molecular formula is C34H32N2O4. The Kier molecular flexibility index (Phi) is 6.70. The Hall–Kier alpha value is -4.32. The molecule has 0 amide bonds. The van der Waals surface area contributed by atoms with E-state index in [4.69, 9.17) is 19.5 Å². The molecule has 202 valence electrons. The Morgan fingerprint density at radius 2 is 1.05 bits per heavy atom. The minimum Gasteiger partial charge on any atom is -0.475 e. The molecule has 0 saturated carbocycles. The van der Waals surface area contributed by atoms with Crippen LogP contribution in [-0.2, 0) is 9.47 Å². The van der Waals surface area contributed by atoms with Crippen molar-refractivity contribution in [2.75, 3.05) is 13.2 Å². The van der Waals surface area contributed by atoms with Gasteiger partial charge in [0.25, 0.3) is 0 Å². The van der Waals surface area contributed by atoms with Gasteiger partial charge in [-0.05, 0) is 45.5 Å². The third kappa shape index (κ3) is 4.28. The van der Waals surface area contributed by atoms with Crippen molar-refractivity contribution in [1.82, 2.24) is 0 Å². The summed E-state index contributed by atoms with van der Waals surface area (Å²) >= 11 is 0. The lowest BCUT2D eigenvalue weighted by atomic mass is 9.83. The Bertz CT molecular complexity index is 1590. The molecule has 40 heavy (non-hydrogen) atoms. The molecule has 0 aromatic heterocycles.